The van der Waals surface area contributed by atoms with Gasteiger partial charge in [-0.3, -0.25) is 19.3 Å². The number of benzene rings is 1. The molecule has 1 aliphatic carbocycles. The number of carbonyl (C=O) groups excluding carboxylic acids is 3. The smallest absolute Gasteiger partial charge is 0.252 e. The van der Waals surface area contributed by atoms with Gasteiger partial charge in [-0.1, -0.05) is 18.2 Å². The van der Waals surface area contributed by atoms with Crippen LogP contribution in [0.25, 0.3) is 0 Å². The first kappa shape index (κ1) is 25.4. The highest BCUT2D eigenvalue weighted by molar-refractivity contribution is 6.06. The lowest BCUT2D eigenvalue weighted by atomic mass is 9.87. The van der Waals surface area contributed by atoms with Crippen LogP contribution in [0.4, 0.5) is 14.5 Å². The van der Waals surface area contributed by atoms with Crippen LogP contribution in [0.3, 0.4) is 0 Å². The van der Waals surface area contributed by atoms with Crippen molar-refractivity contribution in [1.82, 2.24) is 10.2 Å². The fourth-order valence-electron chi connectivity index (χ4n) is 4.41. The Morgan fingerprint density at radius 3 is 2.68 bits per heavy atom. The van der Waals surface area contributed by atoms with Gasteiger partial charge in [0, 0.05) is 43.6 Å². The second-order valence-corrected chi connectivity index (χ2v) is 8.70. The summed E-state index contributed by atoms with van der Waals surface area (Å²) in [5, 5.41) is 2.68. The average Bonchev–Trinajstić information content (AvgIpc) is 3.15. The monoisotopic (exact) mass is 475 g/mol. The van der Waals surface area contributed by atoms with Gasteiger partial charge in [0.1, 0.15) is 17.8 Å². The van der Waals surface area contributed by atoms with Gasteiger partial charge in [0.2, 0.25) is 11.8 Å². The Hall–Kier alpha value is -3.23. The van der Waals surface area contributed by atoms with E-state index < -0.39 is 48.7 Å². The van der Waals surface area contributed by atoms with Crippen molar-refractivity contribution in [3.63, 3.8) is 0 Å². The maximum Gasteiger partial charge on any atom is 0.252 e. The van der Waals surface area contributed by atoms with Gasteiger partial charge in [-0.2, -0.15) is 0 Å². The van der Waals surface area contributed by atoms with E-state index in [0.29, 0.717) is 23.4 Å². The summed E-state index contributed by atoms with van der Waals surface area (Å²) in [6, 6.07) is 4.20. The van der Waals surface area contributed by atoms with E-state index >= 15 is 0 Å². The molecular formula is C25H31F2N3O4. The Labute approximate surface area is 198 Å². The number of rotatable bonds is 9. The van der Waals surface area contributed by atoms with Gasteiger partial charge < -0.3 is 15.0 Å². The van der Waals surface area contributed by atoms with Crippen molar-refractivity contribution in [2.75, 3.05) is 18.6 Å². The minimum absolute atomic E-state index is 0.163. The van der Waals surface area contributed by atoms with Crippen molar-refractivity contribution in [3.8, 4) is 5.75 Å². The molecule has 184 valence electrons. The number of nitrogens with zero attached hydrogens (tertiary/aromatic N) is 2. The number of methoxy groups -OCH3 is 1. The van der Waals surface area contributed by atoms with Gasteiger partial charge in [-0.25, -0.2) is 8.78 Å². The molecule has 1 saturated heterocycles. The Kier molecular flexibility index (Phi) is 7.74. The quantitative estimate of drug-likeness (QED) is 0.555. The lowest BCUT2D eigenvalue weighted by Gasteiger charge is -2.39. The molecule has 2 fully saturated rings. The van der Waals surface area contributed by atoms with Crippen molar-refractivity contribution in [1.29, 1.82) is 0 Å². The van der Waals surface area contributed by atoms with E-state index in [0.717, 1.165) is 0 Å². The standard InChI is InChI=1S/C25H31F2N3O4/c1-5-12-29-20(10-11-21(29)31)24(33)30(18-8-7-9-19(13-18)34-4)22(16(3)6-2)23(32)28-17-14-25(26,27)15-17/h5-9,13,17,20,22H,1,10-12,14-15H2,2-4H3,(H,28,32). The van der Waals surface area contributed by atoms with Crippen LogP contribution in [0, 0.1) is 0 Å². The molecule has 1 aromatic carbocycles. The molecule has 2 unspecified atom stereocenters. The van der Waals surface area contributed by atoms with E-state index in [1.54, 1.807) is 50.3 Å². The van der Waals surface area contributed by atoms with Crippen LogP contribution in [0.5, 0.6) is 5.75 Å². The highest BCUT2D eigenvalue weighted by Crippen LogP contribution is 2.38. The number of ether oxygens (including phenoxy) is 1. The molecule has 9 heteroatoms. The molecule has 1 heterocycles. The highest BCUT2D eigenvalue weighted by Gasteiger charge is 2.48. The number of nitrogens with one attached hydrogen (secondary N) is 1. The summed E-state index contributed by atoms with van der Waals surface area (Å²) in [6.45, 7) is 7.33. The Bertz CT molecular complexity index is 986. The molecular weight excluding hydrogens is 444 g/mol. The number of halogens is 2. The van der Waals surface area contributed by atoms with E-state index in [-0.39, 0.29) is 18.9 Å². The van der Waals surface area contributed by atoms with Crippen LogP contribution in [0.1, 0.15) is 39.5 Å². The van der Waals surface area contributed by atoms with E-state index in [2.05, 4.69) is 11.9 Å². The summed E-state index contributed by atoms with van der Waals surface area (Å²) in [4.78, 5) is 42.6. The summed E-state index contributed by atoms with van der Waals surface area (Å²) >= 11 is 0. The van der Waals surface area contributed by atoms with Gasteiger partial charge in [-0.15, -0.1) is 6.58 Å². The summed E-state index contributed by atoms with van der Waals surface area (Å²) in [7, 11) is 1.49. The van der Waals surface area contributed by atoms with Gasteiger partial charge >= 0.3 is 0 Å². The third kappa shape index (κ3) is 5.29. The minimum atomic E-state index is -2.79. The lowest BCUT2D eigenvalue weighted by molar-refractivity contribution is -0.135. The molecule has 1 N–H and O–H groups in total. The van der Waals surface area contributed by atoms with Crippen molar-refractivity contribution in [3.05, 3.63) is 48.6 Å². The van der Waals surface area contributed by atoms with Crippen molar-refractivity contribution < 1.29 is 27.9 Å². The zero-order valence-electron chi connectivity index (χ0n) is 19.7. The van der Waals surface area contributed by atoms with E-state index in [9.17, 15) is 23.2 Å². The van der Waals surface area contributed by atoms with E-state index in [4.69, 9.17) is 4.74 Å². The third-order valence-electron chi connectivity index (χ3n) is 6.34. The number of likely N-dealkylation sites (tertiary alicyclic amines) is 1. The van der Waals surface area contributed by atoms with Crippen LogP contribution in [0.15, 0.2) is 48.6 Å². The molecule has 2 aliphatic rings. The fraction of sp³-hybridized carbons (Fsp3) is 0.480. The maximum absolute atomic E-state index is 13.9. The van der Waals surface area contributed by atoms with Crippen LogP contribution in [0.2, 0.25) is 0 Å². The predicted molar refractivity (Wildman–Crippen MR) is 125 cm³/mol. The van der Waals surface area contributed by atoms with Gasteiger partial charge in [0.05, 0.1) is 7.11 Å². The zero-order chi connectivity index (χ0) is 25.0. The van der Waals surface area contributed by atoms with Gasteiger partial charge in [0.25, 0.3) is 11.8 Å². The summed E-state index contributed by atoms with van der Waals surface area (Å²) in [5.74, 6) is -3.45. The largest absolute Gasteiger partial charge is 0.497 e. The number of carbonyl (C=O) groups is 3. The molecule has 3 rings (SSSR count). The van der Waals surface area contributed by atoms with Crippen molar-refractivity contribution in [2.45, 2.75) is 63.6 Å². The number of alkyl halides is 2. The predicted octanol–water partition coefficient (Wildman–Crippen LogP) is 3.45. The van der Waals surface area contributed by atoms with Gasteiger partial charge in [-0.05, 0) is 38.0 Å². The van der Waals surface area contributed by atoms with Crippen LogP contribution in [-0.4, -0.2) is 60.3 Å². The summed E-state index contributed by atoms with van der Waals surface area (Å²) in [6.07, 6.45) is 2.92. The molecule has 1 aliphatic heterocycles. The average molecular weight is 476 g/mol. The van der Waals surface area contributed by atoms with Crippen LogP contribution >= 0.6 is 0 Å². The first-order valence-corrected chi connectivity index (χ1v) is 11.3. The van der Waals surface area contributed by atoms with Crippen LogP contribution in [-0.2, 0) is 14.4 Å². The summed E-state index contributed by atoms with van der Waals surface area (Å²) < 4.78 is 32.1. The molecule has 34 heavy (non-hydrogen) atoms. The molecule has 0 spiro atoms. The molecule has 2 atom stereocenters. The zero-order valence-corrected chi connectivity index (χ0v) is 19.7. The summed E-state index contributed by atoms with van der Waals surface area (Å²) in [5.41, 5.74) is 0.974. The maximum atomic E-state index is 13.9. The molecule has 0 radical (unpaired) electrons. The van der Waals surface area contributed by atoms with Gasteiger partial charge in [0.15, 0.2) is 0 Å². The molecule has 7 nitrogen and oxygen atoms in total. The van der Waals surface area contributed by atoms with E-state index in [1.807, 2.05) is 0 Å². The molecule has 3 amide bonds. The number of anilines is 1. The van der Waals surface area contributed by atoms with Crippen molar-refractivity contribution in [2.24, 2.45) is 0 Å². The Morgan fingerprint density at radius 1 is 1.38 bits per heavy atom. The number of allylic oxidation sites excluding steroid dienone is 1. The first-order valence-electron chi connectivity index (χ1n) is 11.3. The minimum Gasteiger partial charge on any atom is -0.497 e. The highest BCUT2D eigenvalue weighted by atomic mass is 19.3. The first-order chi connectivity index (χ1) is 16.1. The topological polar surface area (TPSA) is 79.0 Å². The molecule has 1 aromatic rings. The number of hydrogen-bond acceptors (Lipinski definition) is 4. The molecule has 0 bridgehead atoms. The number of hydrogen-bond donors (Lipinski definition) is 1. The Morgan fingerprint density at radius 2 is 2.09 bits per heavy atom. The second kappa shape index (κ2) is 10.4. The van der Waals surface area contributed by atoms with E-state index in [1.165, 1.54) is 16.9 Å². The normalized spacial score (nSPS) is 21.0. The molecule has 0 aromatic heterocycles. The SMILES string of the molecule is C=CCN1C(=O)CCC1C(=O)N(c1cccc(OC)c1)C(C(=O)NC1CC(F)(F)C1)C(C)=CC. The molecule has 1 saturated carbocycles. The fourth-order valence-corrected chi connectivity index (χ4v) is 4.41. The second-order valence-electron chi connectivity index (χ2n) is 8.70. The Balaban J connectivity index is 2.02. The lowest BCUT2D eigenvalue weighted by Crippen LogP contribution is -2.59. The third-order valence-corrected chi connectivity index (χ3v) is 6.34. The van der Waals surface area contributed by atoms with Crippen molar-refractivity contribution >= 4 is 23.4 Å². The van der Waals surface area contributed by atoms with Crippen LogP contribution < -0.4 is 15.0 Å². The number of amides is 3.